The maximum Gasteiger partial charge on any atom is 0.260 e. The summed E-state index contributed by atoms with van der Waals surface area (Å²) in [6, 6.07) is 72.1. The number of fused-ring (bicyclic) bond motifs is 4. The average molecular weight is 758 g/mol. The van der Waals surface area contributed by atoms with Gasteiger partial charge in [0.25, 0.3) is 6.71 Å². The number of pyridine rings is 1. The lowest BCUT2D eigenvalue weighted by Crippen LogP contribution is -2.57. The number of para-hydroxylation sites is 5. The Hall–Kier alpha value is -7.83. The van der Waals surface area contributed by atoms with E-state index >= 15 is 0 Å². The van der Waals surface area contributed by atoms with Crippen LogP contribution in [0.25, 0.3) is 22.3 Å². The molecular formula is C53H36BN3O2. The molecule has 3 heterocycles. The number of ether oxygens (including phenoxy) is 2. The standard InChI is InChI=1S/C53H36BN3O2/c1-4-15-39(16-5-1)56(40-17-6-2-7-18-40)42-30-26-37(27-31-42)45-35-46(38-28-32-43(33-29-38)57(41-19-8-3-9-20-41)44-21-14-34-55-36-44)53-51-52(45)58-49-24-12-10-22-47(49)54(51)48-23-11-13-25-50(48)59-53/h1-36H. The van der Waals surface area contributed by atoms with Crippen LogP contribution in [0, 0.1) is 0 Å². The third-order valence-corrected chi connectivity index (χ3v) is 11.3. The average Bonchev–Trinajstić information content (AvgIpc) is 3.31. The first kappa shape index (κ1) is 34.4. The first-order chi connectivity index (χ1) is 29.3. The lowest BCUT2D eigenvalue weighted by molar-refractivity contribution is 0.467. The molecule has 0 saturated carbocycles. The minimum Gasteiger partial charge on any atom is -0.458 e. The molecule has 8 aromatic carbocycles. The highest BCUT2D eigenvalue weighted by atomic mass is 16.5. The quantitative estimate of drug-likeness (QED) is 0.144. The fraction of sp³-hybridized carbons (Fsp3) is 0. The summed E-state index contributed by atoms with van der Waals surface area (Å²) in [5, 5.41) is 0. The largest absolute Gasteiger partial charge is 0.458 e. The van der Waals surface area contributed by atoms with E-state index in [2.05, 4.69) is 197 Å². The van der Waals surface area contributed by atoms with Gasteiger partial charge in [-0.1, -0.05) is 115 Å². The maximum atomic E-state index is 6.98. The van der Waals surface area contributed by atoms with Crippen molar-refractivity contribution >= 4 is 57.2 Å². The van der Waals surface area contributed by atoms with E-state index in [1.807, 2.05) is 30.5 Å². The molecule has 0 bridgehead atoms. The van der Waals surface area contributed by atoms with Gasteiger partial charge in [-0.05, 0) is 113 Å². The molecule has 9 aromatic rings. The van der Waals surface area contributed by atoms with Crippen molar-refractivity contribution in [2.75, 3.05) is 9.80 Å². The number of hydrogen-bond donors (Lipinski definition) is 0. The molecule has 0 amide bonds. The minimum atomic E-state index is -0.0713. The molecule has 1 aromatic heterocycles. The minimum absolute atomic E-state index is 0.0713. The molecule has 278 valence electrons. The van der Waals surface area contributed by atoms with E-state index in [1.165, 1.54) is 0 Å². The Morgan fingerprint density at radius 3 is 1.20 bits per heavy atom. The van der Waals surface area contributed by atoms with Gasteiger partial charge in [0.05, 0.1) is 11.9 Å². The molecule has 0 radical (unpaired) electrons. The van der Waals surface area contributed by atoms with Gasteiger partial charge in [0.15, 0.2) is 0 Å². The Morgan fingerprint density at radius 1 is 0.373 bits per heavy atom. The van der Waals surface area contributed by atoms with Crippen LogP contribution < -0.4 is 35.7 Å². The van der Waals surface area contributed by atoms with E-state index in [0.717, 1.165) is 95.8 Å². The van der Waals surface area contributed by atoms with Crippen LogP contribution in [0.2, 0.25) is 0 Å². The van der Waals surface area contributed by atoms with Crippen molar-refractivity contribution < 1.29 is 9.47 Å². The zero-order valence-electron chi connectivity index (χ0n) is 32.0. The molecule has 0 spiro atoms. The Labute approximate surface area is 344 Å². The second kappa shape index (κ2) is 14.6. The van der Waals surface area contributed by atoms with Crippen LogP contribution in [-0.4, -0.2) is 11.7 Å². The zero-order valence-corrected chi connectivity index (χ0v) is 32.0. The topological polar surface area (TPSA) is 37.8 Å². The second-order valence-corrected chi connectivity index (χ2v) is 14.7. The molecular weight excluding hydrogens is 721 g/mol. The van der Waals surface area contributed by atoms with E-state index < -0.39 is 0 Å². The van der Waals surface area contributed by atoms with Crippen molar-refractivity contribution in [2.45, 2.75) is 0 Å². The van der Waals surface area contributed by atoms with Gasteiger partial charge in [-0.15, -0.1) is 0 Å². The second-order valence-electron chi connectivity index (χ2n) is 14.7. The molecule has 59 heavy (non-hydrogen) atoms. The summed E-state index contributed by atoms with van der Waals surface area (Å²) in [6.07, 6.45) is 3.70. The highest BCUT2D eigenvalue weighted by Crippen LogP contribution is 2.47. The highest BCUT2D eigenvalue weighted by molar-refractivity contribution is 6.98. The Morgan fingerprint density at radius 2 is 0.763 bits per heavy atom. The normalized spacial score (nSPS) is 12.0. The number of nitrogens with zero attached hydrogens (tertiary/aromatic N) is 3. The van der Waals surface area contributed by atoms with Crippen molar-refractivity contribution in [3.05, 3.63) is 219 Å². The van der Waals surface area contributed by atoms with Crippen LogP contribution in [0.15, 0.2) is 219 Å². The molecule has 11 rings (SSSR count). The molecule has 0 saturated heterocycles. The number of benzene rings is 8. The van der Waals surface area contributed by atoms with Crippen molar-refractivity contribution in [3.8, 4) is 45.3 Å². The van der Waals surface area contributed by atoms with Gasteiger partial charge in [0.2, 0.25) is 0 Å². The third-order valence-electron chi connectivity index (χ3n) is 11.3. The van der Waals surface area contributed by atoms with Gasteiger partial charge in [0, 0.05) is 51.2 Å². The molecule has 0 aliphatic carbocycles. The Bertz CT molecular complexity index is 2650. The van der Waals surface area contributed by atoms with Crippen LogP contribution in [0.1, 0.15) is 0 Å². The maximum absolute atomic E-state index is 6.98. The lowest BCUT2D eigenvalue weighted by atomic mass is 9.34. The molecule has 2 aliphatic heterocycles. The molecule has 6 heteroatoms. The van der Waals surface area contributed by atoms with Gasteiger partial charge in [-0.2, -0.15) is 0 Å². The summed E-state index contributed by atoms with van der Waals surface area (Å²) in [6.45, 7) is -0.0713. The molecule has 5 nitrogen and oxygen atoms in total. The van der Waals surface area contributed by atoms with E-state index in [0.29, 0.717) is 0 Å². The Balaban J connectivity index is 1.08. The van der Waals surface area contributed by atoms with E-state index in [9.17, 15) is 0 Å². The van der Waals surface area contributed by atoms with Gasteiger partial charge < -0.3 is 19.3 Å². The van der Waals surface area contributed by atoms with Gasteiger partial charge >= 0.3 is 0 Å². The molecule has 2 aliphatic rings. The molecule has 0 unspecified atom stereocenters. The monoisotopic (exact) mass is 757 g/mol. The van der Waals surface area contributed by atoms with Gasteiger partial charge in [-0.25, -0.2) is 0 Å². The summed E-state index contributed by atoms with van der Waals surface area (Å²) < 4.78 is 14.0. The fourth-order valence-electron chi connectivity index (χ4n) is 8.59. The van der Waals surface area contributed by atoms with Crippen molar-refractivity contribution in [2.24, 2.45) is 0 Å². The van der Waals surface area contributed by atoms with Crippen LogP contribution in [0.4, 0.5) is 34.1 Å². The summed E-state index contributed by atoms with van der Waals surface area (Å²) in [7, 11) is 0. The fourth-order valence-corrected chi connectivity index (χ4v) is 8.59. The predicted octanol–water partition coefficient (Wildman–Crippen LogP) is 12.1. The van der Waals surface area contributed by atoms with Crippen molar-refractivity contribution in [1.29, 1.82) is 0 Å². The van der Waals surface area contributed by atoms with E-state index in [1.54, 1.807) is 6.20 Å². The summed E-state index contributed by atoms with van der Waals surface area (Å²) >= 11 is 0. The summed E-state index contributed by atoms with van der Waals surface area (Å²) in [4.78, 5) is 8.95. The van der Waals surface area contributed by atoms with Crippen LogP contribution >= 0.6 is 0 Å². The zero-order chi connectivity index (χ0) is 39.1. The molecule has 0 fully saturated rings. The highest BCUT2D eigenvalue weighted by Gasteiger charge is 2.42. The van der Waals surface area contributed by atoms with E-state index in [4.69, 9.17) is 9.47 Å². The predicted molar refractivity (Wildman–Crippen MR) is 242 cm³/mol. The number of rotatable bonds is 8. The summed E-state index contributed by atoms with van der Waals surface area (Å²) in [5.41, 5.74) is 13.7. The van der Waals surface area contributed by atoms with Gasteiger partial charge in [0.1, 0.15) is 23.0 Å². The smallest absolute Gasteiger partial charge is 0.260 e. The molecule has 0 N–H and O–H groups in total. The first-order valence-electron chi connectivity index (χ1n) is 19.9. The van der Waals surface area contributed by atoms with Crippen LogP contribution in [-0.2, 0) is 0 Å². The summed E-state index contributed by atoms with van der Waals surface area (Å²) in [5.74, 6) is 3.36. The van der Waals surface area contributed by atoms with E-state index in [-0.39, 0.29) is 6.71 Å². The van der Waals surface area contributed by atoms with Crippen molar-refractivity contribution in [1.82, 2.24) is 4.98 Å². The van der Waals surface area contributed by atoms with Crippen molar-refractivity contribution in [3.63, 3.8) is 0 Å². The SMILES string of the molecule is c1ccc(N(c2ccccc2)c2ccc(-c3cc(-c4ccc(N(c5ccccc5)c5cccnc5)cc4)c4c5c3Oc3ccccc3B5c3ccccc3O4)cc2)cc1. The molecule has 0 atom stereocenters. The lowest BCUT2D eigenvalue weighted by Gasteiger charge is -2.35. The Kier molecular flexibility index (Phi) is 8.52. The van der Waals surface area contributed by atoms with Crippen LogP contribution in [0.5, 0.6) is 23.0 Å². The first-order valence-corrected chi connectivity index (χ1v) is 19.9. The third kappa shape index (κ3) is 6.10. The van der Waals surface area contributed by atoms with Gasteiger partial charge in [-0.3, -0.25) is 4.98 Å². The number of anilines is 6. The number of hydrogen-bond acceptors (Lipinski definition) is 5. The van der Waals surface area contributed by atoms with Crippen LogP contribution in [0.3, 0.4) is 0 Å². The number of aromatic nitrogens is 1.